The van der Waals surface area contributed by atoms with Crippen LogP contribution in [0.15, 0.2) is 36.5 Å². The molecule has 0 saturated carbocycles. The van der Waals surface area contributed by atoms with Crippen LogP contribution in [0.1, 0.15) is 303 Å². The molecule has 552 valence electrons. The van der Waals surface area contributed by atoms with Crippen molar-refractivity contribution in [2.45, 2.75) is 407 Å². The quantitative estimate of drug-likeness (QED) is 0.0199. The Bertz CT molecular complexity index is 1840. The van der Waals surface area contributed by atoms with Crippen LogP contribution < -0.4 is 5.32 Å². The highest BCUT2D eigenvalue weighted by Crippen LogP contribution is 2.33. The van der Waals surface area contributed by atoms with Gasteiger partial charge in [-0.2, -0.15) is 0 Å². The zero-order chi connectivity index (χ0) is 68.2. The van der Waals surface area contributed by atoms with E-state index in [4.69, 9.17) is 28.4 Å². The first-order chi connectivity index (χ1) is 45.8. The molecule has 12 N–H and O–H groups in total. The molecule has 0 spiro atoms. The molecule has 3 heterocycles. The van der Waals surface area contributed by atoms with E-state index in [2.05, 4.69) is 43.5 Å². The summed E-state index contributed by atoms with van der Waals surface area (Å²) in [5.74, 6) is -0.285. The topological polar surface area (TPSA) is 307 Å². The average molecular weight is 1340 g/mol. The normalized spacial score (nSPS) is 27.5. The molecule has 19 nitrogen and oxygen atoms in total. The second-order valence-electron chi connectivity index (χ2n) is 27.5. The second-order valence-corrected chi connectivity index (χ2v) is 27.5. The minimum Gasteiger partial charge on any atom is -0.394 e. The zero-order valence-electron chi connectivity index (χ0n) is 58.7. The molecule has 0 aromatic carbocycles. The molecule has 0 aromatic heterocycles. The summed E-state index contributed by atoms with van der Waals surface area (Å²) in [4.78, 5) is 13.4. The van der Waals surface area contributed by atoms with Crippen LogP contribution >= 0.6 is 0 Å². The first kappa shape index (κ1) is 86.2. The van der Waals surface area contributed by atoms with Crippen LogP contribution in [0.5, 0.6) is 0 Å². The van der Waals surface area contributed by atoms with Gasteiger partial charge in [-0.3, -0.25) is 4.79 Å². The van der Waals surface area contributed by atoms with Crippen molar-refractivity contribution in [3.05, 3.63) is 36.5 Å². The lowest BCUT2D eigenvalue weighted by molar-refractivity contribution is -0.379. The molecule has 3 fully saturated rings. The third kappa shape index (κ3) is 37.4. The van der Waals surface area contributed by atoms with Gasteiger partial charge in [-0.1, -0.05) is 288 Å². The van der Waals surface area contributed by atoms with Gasteiger partial charge in [-0.05, 0) is 44.9 Å². The van der Waals surface area contributed by atoms with Crippen LogP contribution in [0.4, 0.5) is 0 Å². The summed E-state index contributed by atoms with van der Waals surface area (Å²) in [6.07, 6.45) is 41.6. The predicted octanol–water partition coefficient (Wildman–Crippen LogP) is 11.6. The van der Waals surface area contributed by atoms with Gasteiger partial charge in [-0.25, -0.2) is 0 Å². The number of allylic oxidation sites excluding steroid dienone is 5. The fourth-order valence-corrected chi connectivity index (χ4v) is 13.0. The molecule has 17 unspecified atom stereocenters. The van der Waals surface area contributed by atoms with E-state index in [1.165, 1.54) is 225 Å². The van der Waals surface area contributed by atoms with Crippen LogP contribution in [0.3, 0.4) is 0 Å². The maximum Gasteiger partial charge on any atom is 0.220 e. The van der Waals surface area contributed by atoms with Gasteiger partial charge in [0.2, 0.25) is 5.91 Å². The van der Waals surface area contributed by atoms with E-state index >= 15 is 0 Å². The molecule has 19 heteroatoms. The largest absolute Gasteiger partial charge is 0.394 e. The summed E-state index contributed by atoms with van der Waals surface area (Å²) in [5, 5.41) is 121. The number of unbranched alkanes of at least 4 members (excludes halogenated alkanes) is 40. The summed E-state index contributed by atoms with van der Waals surface area (Å²) in [7, 11) is 0. The number of hydrogen-bond acceptors (Lipinski definition) is 18. The van der Waals surface area contributed by atoms with E-state index in [1.54, 1.807) is 6.08 Å². The van der Waals surface area contributed by atoms with Crippen molar-refractivity contribution in [2.75, 3.05) is 26.4 Å². The van der Waals surface area contributed by atoms with Gasteiger partial charge in [0, 0.05) is 6.42 Å². The highest BCUT2D eigenvalue weighted by atomic mass is 16.8. The fraction of sp³-hybridized carbons (Fsp3) is 0.907. The molecule has 3 aliphatic heterocycles. The lowest BCUT2D eigenvalue weighted by atomic mass is 9.96. The second kappa shape index (κ2) is 56.7. The third-order valence-electron chi connectivity index (χ3n) is 19.2. The highest BCUT2D eigenvalue weighted by molar-refractivity contribution is 5.76. The maximum absolute atomic E-state index is 13.4. The van der Waals surface area contributed by atoms with E-state index in [9.17, 15) is 61.0 Å². The number of nitrogens with one attached hydrogen (secondary N) is 1. The number of hydrogen-bond donors (Lipinski definition) is 12. The Labute approximate surface area is 568 Å². The van der Waals surface area contributed by atoms with E-state index in [0.29, 0.717) is 12.8 Å². The molecular weight excluding hydrogens is 1200 g/mol. The molecule has 94 heavy (non-hydrogen) atoms. The van der Waals surface area contributed by atoms with Crippen LogP contribution in [-0.4, -0.2) is 193 Å². The number of carbonyl (C=O) groups is 1. The van der Waals surface area contributed by atoms with Crippen molar-refractivity contribution >= 4 is 5.91 Å². The molecule has 0 aliphatic carbocycles. The number of carbonyl (C=O) groups excluding carboxylic acids is 1. The number of amides is 1. The van der Waals surface area contributed by atoms with Crippen molar-refractivity contribution in [1.29, 1.82) is 0 Å². The van der Waals surface area contributed by atoms with E-state index in [1.807, 2.05) is 6.08 Å². The van der Waals surface area contributed by atoms with Crippen molar-refractivity contribution in [3.8, 4) is 0 Å². The molecule has 3 aliphatic rings. The SMILES string of the molecule is CCCCCCC/C=C/CC/C=C/CC/C=C/C(O)C(COC1OC(CO)C(OC2OC(CO)C(OC3OC(CO)C(O)C(O)C3O)C(O)C2O)C(O)C1O)NC(=O)CCCCCCCCCCCCCCCCCCCCCCCCCCCCCCCCCCCC. The Morgan fingerprint density at radius 3 is 1.06 bits per heavy atom. The van der Waals surface area contributed by atoms with Crippen molar-refractivity contribution in [3.63, 3.8) is 0 Å². The summed E-state index contributed by atoms with van der Waals surface area (Å²) < 4.78 is 34.3. The van der Waals surface area contributed by atoms with Crippen LogP contribution in [0.25, 0.3) is 0 Å². The van der Waals surface area contributed by atoms with Crippen molar-refractivity contribution < 1.29 is 89.4 Å². The Morgan fingerprint density at radius 2 is 0.681 bits per heavy atom. The van der Waals surface area contributed by atoms with Gasteiger partial charge in [0.05, 0.1) is 38.6 Å². The van der Waals surface area contributed by atoms with Gasteiger partial charge in [0.15, 0.2) is 18.9 Å². The van der Waals surface area contributed by atoms with Gasteiger partial charge >= 0.3 is 0 Å². The Morgan fingerprint density at radius 1 is 0.372 bits per heavy atom. The van der Waals surface area contributed by atoms with E-state index < -0.39 is 124 Å². The van der Waals surface area contributed by atoms with Gasteiger partial charge in [0.25, 0.3) is 0 Å². The molecule has 1 amide bonds. The molecular formula is C75H139NO18. The average Bonchev–Trinajstić information content (AvgIpc) is 0.787. The lowest BCUT2D eigenvalue weighted by Crippen LogP contribution is -2.66. The van der Waals surface area contributed by atoms with E-state index in [-0.39, 0.29) is 18.9 Å². The maximum atomic E-state index is 13.4. The van der Waals surface area contributed by atoms with Gasteiger partial charge in [0.1, 0.15) is 73.2 Å². The Hall–Kier alpha value is -1.99. The summed E-state index contributed by atoms with van der Waals surface area (Å²) in [5.41, 5.74) is 0. The van der Waals surface area contributed by atoms with E-state index in [0.717, 1.165) is 44.9 Å². The number of aliphatic hydroxyl groups excluding tert-OH is 11. The molecule has 0 bridgehead atoms. The summed E-state index contributed by atoms with van der Waals surface area (Å²) in [6.45, 7) is 1.72. The van der Waals surface area contributed by atoms with Crippen molar-refractivity contribution in [2.24, 2.45) is 0 Å². The van der Waals surface area contributed by atoms with Crippen LogP contribution in [0, 0.1) is 0 Å². The van der Waals surface area contributed by atoms with Gasteiger partial charge in [-0.15, -0.1) is 0 Å². The van der Waals surface area contributed by atoms with Crippen molar-refractivity contribution in [1.82, 2.24) is 5.32 Å². The highest BCUT2D eigenvalue weighted by Gasteiger charge is 2.53. The minimum atomic E-state index is -1.98. The van der Waals surface area contributed by atoms with Gasteiger partial charge < -0.3 is 89.9 Å². The molecule has 3 saturated heterocycles. The molecule has 3 rings (SSSR count). The van der Waals surface area contributed by atoms with Crippen LogP contribution in [0.2, 0.25) is 0 Å². The number of rotatable bonds is 60. The number of aliphatic hydroxyl groups is 11. The van der Waals surface area contributed by atoms with Crippen LogP contribution in [-0.2, 0) is 33.2 Å². The first-order valence-corrected chi connectivity index (χ1v) is 38.2. The standard InChI is InChI=1S/C75H139NO18/c1-3-5-7-9-11-13-15-17-19-20-21-22-23-24-25-26-27-28-29-30-31-32-33-34-35-36-37-39-41-43-45-47-49-51-53-63(81)76-58(59(80)52-50-48-46-44-42-40-38-18-16-14-12-10-8-6-4-2)57-89-73-69(87)66(84)71(61(55-78)91-73)94-75-70(88)67(85)72(62(56-79)92-75)93-74-68(86)65(83)64(82)60(54-77)90-74/h16,18,42,44,50,52,58-62,64-75,77-80,82-88H,3-15,17,19-41,43,45-49,51,53-57H2,1-2H3,(H,76,81)/b18-16+,44-42+,52-50+. The predicted molar refractivity (Wildman–Crippen MR) is 369 cm³/mol. The zero-order valence-corrected chi connectivity index (χ0v) is 58.7. The minimum absolute atomic E-state index is 0.236. The molecule has 0 radical (unpaired) electrons. The smallest absolute Gasteiger partial charge is 0.220 e. The molecule has 0 aromatic rings. The Kier molecular flexibility index (Phi) is 52.0. The number of ether oxygens (including phenoxy) is 6. The first-order valence-electron chi connectivity index (χ1n) is 38.2. The lowest BCUT2D eigenvalue weighted by Gasteiger charge is -2.48. The fourth-order valence-electron chi connectivity index (χ4n) is 13.0. The molecule has 17 atom stereocenters. The monoisotopic (exact) mass is 1340 g/mol. The Balaban J connectivity index is 1.34. The summed E-state index contributed by atoms with van der Waals surface area (Å²) >= 11 is 0. The summed E-state index contributed by atoms with van der Waals surface area (Å²) in [6, 6.07) is -0.994. The third-order valence-corrected chi connectivity index (χ3v) is 19.2.